The van der Waals surface area contributed by atoms with Gasteiger partial charge in [0, 0.05) is 23.9 Å². The van der Waals surface area contributed by atoms with Crippen LogP contribution in [0.2, 0.25) is 5.02 Å². The first-order chi connectivity index (χ1) is 8.63. The van der Waals surface area contributed by atoms with Gasteiger partial charge >= 0.3 is 0 Å². The zero-order valence-electron chi connectivity index (χ0n) is 9.72. The molecular weight excluding hydrogens is 268 g/mol. The number of nitrogen functional groups attached to an aromatic ring is 1. The molecule has 0 bridgehead atoms. The van der Waals surface area contributed by atoms with Gasteiger partial charge in [0.25, 0.3) is 0 Å². The molecule has 0 saturated carbocycles. The molecule has 0 saturated heterocycles. The highest BCUT2D eigenvalue weighted by molar-refractivity contribution is 7.13. The number of aryl methyl sites for hydroxylation is 1. The van der Waals surface area contributed by atoms with Gasteiger partial charge in [-0.3, -0.25) is 0 Å². The number of benzene rings is 1. The maximum Gasteiger partial charge on any atom is 0.180 e. The number of imidazole rings is 1. The lowest BCUT2D eigenvalue weighted by Crippen LogP contribution is -1.99. The quantitative estimate of drug-likeness (QED) is 0.784. The third kappa shape index (κ3) is 1.95. The molecule has 2 N–H and O–H groups in total. The highest BCUT2D eigenvalue weighted by Crippen LogP contribution is 2.21. The maximum atomic E-state index is 6.00. The summed E-state index contributed by atoms with van der Waals surface area (Å²) in [6.07, 6.45) is 0.677. The summed E-state index contributed by atoms with van der Waals surface area (Å²) < 4.78 is 2.04. The fraction of sp³-hybridized carbons (Fsp3) is 0.167. The molecule has 0 fully saturated rings. The van der Waals surface area contributed by atoms with E-state index in [-0.39, 0.29) is 0 Å². The summed E-state index contributed by atoms with van der Waals surface area (Å²) in [5.41, 5.74) is 8.55. The third-order valence-corrected chi connectivity index (χ3v) is 3.80. The number of halogens is 1. The Balaban J connectivity index is 2.04. The number of hydrogen-bond donors (Lipinski definition) is 1. The molecule has 0 amide bonds. The van der Waals surface area contributed by atoms with Crippen LogP contribution in [0.4, 0.5) is 5.13 Å². The zero-order chi connectivity index (χ0) is 12.7. The molecule has 3 rings (SSSR count). The van der Waals surface area contributed by atoms with E-state index >= 15 is 0 Å². The molecule has 3 aromatic rings. The molecule has 2 heterocycles. The van der Waals surface area contributed by atoms with Crippen LogP contribution in [-0.4, -0.2) is 14.5 Å². The van der Waals surface area contributed by atoms with Crippen LogP contribution in [0.3, 0.4) is 0 Å². The first-order valence-electron chi connectivity index (χ1n) is 5.44. The van der Waals surface area contributed by atoms with E-state index in [1.165, 1.54) is 11.3 Å². The number of thiazole rings is 1. The van der Waals surface area contributed by atoms with Crippen LogP contribution in [0.1, 0.15) is 11.5 Å². The van der Waals surface area contributed by atoms with Gasteiger partial charge in [-0.15, -0.1) is 11.3 Å². The maximum absolute atomic E-state index is 6.00. The van der Waals surface area contributed by atoms with E-state index in [9.17, 15) is 0 Å². The van der Waals surface area contributed by atoms with E-state index in [2.05, 4.69) is 9.97 Å². The molecule has 18 heavy (non-hydrogen) atoms. The van der Waals surface area contributed by atoms with Gasteiger partial charge in [0.15, 0.2) is 5.13 Å². The van der Waals surface area contributed by atoms with Crippen molar-refractivity contribution in [1.29, 1.82) is 0 Å². The van der Waals surface area contributed by atoms with Crippen molar-refractivity contribution in [3.05, 3.63) is 40.1 Å². The summed E-state index contributed by atoms with van der Waals surface area (Å²) in [5.74, 6) is 0.956. The second kappa shape index (κ2) is 4.26. The minimum Gasteiger partial charge on any atom is -0.375 e. The Morgan fingerprint density at radius 1 is 1.39 bits per heavy atom. The van der Waals surface area contributed by atoms with E-state index in [4.69, 9.17) is 17.3 Å². The van der Waals surface area contributed by atoms with Gasteiger partial charge in [-0.05, 0) is 18.2 Å². The topological polar surface area (TPSA) is 56.7 Å². The van der Waals surface area contributed by atoms with Gasteiger partial charge in [0.05, 0.1) is 16.7 Å². The third-order valence-electron chi connectivity index (χ3n) is 2.84. The Kier molecular flexibility index (Phi) is 2.72. The van der Waals surface area contributed by atoms with Crippen LogP contribution in [-0.2, 0) is 13.5 Å². The van der Waals surface area contributed by atoms with Crippen molar-refractivity contribution in [2.75, 3.05) is 5.73 Å². The number of nitrogens with two attached hydrogens (primary N) is 1. The Morgan fingerprint density at radius 2 is 2.22 bits per heavy atom. The monoisotopic (exact) mass is 278 g/mol. The fourth-order valence-corrected chi connectivity index (χ4v) is 2.67. The van der Waals surface area contributed by atoms with E-state index in [1.54, 1.807) is 0 Å². The summed E-state index contributed by atoms with van der Waals surface area (Å²) in [4.78, 5) is 8.84. The second-order valence-electron chi connectivity index (χ2n) is 4.07. The van der Waals surface area contributed by atoms with E-state index < -0.39 is 0 Å². The van der Waals surface area contributed by atoms with Crippen molar-refractivity contribution in [2.45, 2.75) is 6.42 Å². The van der Waals surface area contributed by atoms with Crippen LogP contribution in [0.25, 0.3) is 11.0 Å². The summed E-state index contributed by atoms with van der Waals surface area (Å²) in [7, 11) is 1.98. The molecule has 0 unspecified atom stereocenters. The average Bonchev–Trinajstić information content (AvgIpc) is 2.86. The first kappa shape index (κ1) is 11.5. The lowest BCUT2D eigenvalue weighted by atomic mass is 10.3. The highest BCUT2D eigenvalue weighted by Gasteiger charge is 2.10. The number of anilines is 1. The summed E-state index contributed by atoms with van der Waals surface area (Å²) >= 11 is 7.44. The molecule has 0 aliphatic heterocycles. The summed E-state index contributed by atoms with van der Waals surface area (Å²) in [6, 6.07) is 5.70. The average molecular weight is 279 g/mol. The van der Waals surface area contributed by atoms with E-state index in [0.29, 0.717) is 11.6 Å². The largest absolute Gasteiger partial charge is 0.375 e. The van der Waals surface area contributed by atoms with Gasteiger partial charge in [-0.1, -0.05) is 11.6 Å². The van der Waals surface area contributed by atoms with Crippen molar-refractivity contribution < 1.29 is 0 Å². The van der Waals surface area contributed by atoms with Crippen LogP contribution in [0, 0.1) is 0 Å². The Labute approximate surface area is 113 Å². The van der Waals surface area contributed by atoms with Gasteiger partial charge < -0.3 is 10.3 Å². The molecular formula is C12H11ClN4S. The fourth-order valence-electron chi connectivity index (χ4n) is 1.94. The van der Waals surface area contributed by atoms with Crippen LogP contribution in [0.5, 0.6) is 0 Å². The Bertz CT molecular complexity index is 716. The predicted molar refractivity (Wildman–Crippen MR) is 75.1 cm³/mol. The molecule has 0 aliphatic rings. The smallest absolute Gasteiger partial charge is 0.180 e. The first-order valence-corrected chi connectivity index (χ1v) is 6.70. The molecule has 2 aromatic heterocycles. The molecule has 0 spiro atoms. The standard InChI is InChI=1S/C12H11ClN4S/c1-17-10-4-7(13)2-3-9(10)16-11(17)5-8-6-18-12(14)15-8/h2-4,6H,5H2,1H3,(H2,14,15). The molecule has 6 heteroatoms. The lowest BCUT2D eigenvalue weighted by Gasteiger charge is -2.00. The number of fused-ring (bicyclic) bond motifs is 1. The SMILES string of the molecule is Cn1c(Cc2csc(N)n2)nc2ccc(Cl)cc21. The van der Waals surface area contributed by atoms with E-state index in [0.717, 1.165) is 27.6 Å². The normalized spacial score (nSPS) is 11.2. The highest BCUT2D eigenvalue weighted by atomic mass is 35.5. The van der Waals surface area contributed by atoms with Gasteiger partial charge in [0.1, 0.15) is 5.82 Å². The Hall–Kier alpha value is -1.59. The minimum absolute atomic E-state index is 0.590. The number of nitrogens with zero attached hydrogens (tertiary/aromatic N) is 3. The second-order valence-corrected chi connectivity index (χ2v) is 5.40. The van der Waals surface area contributed by atoms with Gasteiger partial charge in [-0.2, -0.15) is 0 Å². The summed E-state index contributed by atoms with van der Waals surface area (Å²) in [5, 5.41) is 3.27. The zero-order valence-corrected chi connectivity index (χ0v) is 11.3. The number of hydrogen-bond acceptors (Lipinski definition) is 4. The van der Waals surface area contributed by atoms with Crippen molar-refractivity contribution in [1.82, 2.24) is 14.5 Å². The predicted octanol–water partition coefficient (Wildman–Crippen LogP) is 2.86. The number of aromatic nitrogens is 3. The molecule has 1 aromatic carbocycles. The van der Waals surface area contributed by atoms with Crippen LogP contribution in [0.15, 0.2) is 23.6 Å². The Morgan fingerprint density at radius 3 is 2.94 bits per heavy atom. The molecule has 0 radical (unpaired) electrons. The minimum atomic E-state index is 0.590. The summed E-state index contributed by atoms with van der Waals surface area (Å²) in [6.45, 7) is 0. The van der Waals surface area contributed by atoms with Crippen molar-refractivity contribution >= 4 is 39.1 Å². The van der Waals surface area contributed by atoms with Crippen LogP contribution >= 0.6 is 22.9 Å². The molecule has 0 aliphatic carbocycles. The van der Waals surface area contributed by atoms with Crippen LogP contribution < -0.4 is 5.73 Å². The number of rotatable bonds is 2. The molecule has 92 valence electrons. The van der Waals surface area contributed by atoms with Crippen molar-refractivity contribution in [3.8, 4) is 0 Å². The molecule has 0 atom stereocenters. The molecule has 4 nitrogen and oxygen atoms in total. The van der Waals surface area contributed by atoms with Crippen molar-refractivity contribution in [2.24, 2.45) is 7.05 Å². The van der Waals surface area contributed by atoms with Crippen molar-refractivity contribution in [3.63, 3.8) is 0 Å². The van der Waals surface area contributed by atoms with Gasteiger partial charge in [-0.25, -0.2) is 9.97 Å². The van der Waals surface area contributed by atoms with Gasteiger partial charge in [0.2, 0.25) is 0 Å². The van der Waals surface area contributed by atoms with E-state index in [1.807, 2.05) is 35.2 Å². The lowest BCUT2D eigenvalue weighted by molar-refractivity contribution is 0.836.